The Hall–Kier alpha value is -2.69. The molecule has 0 aromatic carbocycles. The zero-order valence-electron chi connectivity index (χ0n) is 18.3. The van der Waals surface area contributed by atoms with Gasteiger partial charge in [-0.15, -0.1) is 0 Å². The number of alkyl halides is 2. The van der Waals surface area contributed by atoms with Gasteiger partial charge in [0.1, 0.15) is 27.0 Å². The molecule has 1 aliphatic carbocycles. The van der Waals surface area contributed by atoms with Gasteiger partial charge in [-0.2, -0.15) is 0 Å². The Kier molecular flexibility index (Phi) is 5.75. The predicted molar refractivity (Wildman–Crippen MR) is 120 cm³/mol. The second kappa shape index (κ2) is 8.58. The lowest BCUT2D eigenvalue weighted by Gasteiger charge is -2.38. The number of sulfone groups is 1. The van der Waals surface area contributed by atoms with Crippen LogP contribution in [0.5, 0.6) is 0 Å². The van der Waals surface area contributed by atoms with E-state index >= 15 is 0 Å². The molecule has 3 unspecified atom stereocenters. The summed E-state index contributed by atoms with van der Waals surface area (Å²) in [4.78, 5) is 19.3. The first-order chi connectivity index (χ1) is 15.8. The summed E-state index contributed by atoms with van der Waals surface area (Å²) in [6.07, 6.45) is 8.80. The van der Waals surface area contributed by atoms with E-state index in [2.05, 4.69) is 19.9 Å². The molecule has 5 rings (SSSR count). The SMILES string of the molecule is CS(=O)(=O)C1CCC2CCN(c3ccnc(-c4cnc5cnc(C(F)F)cn45)n3)CC2CC1. The molecule has 3 aromatic heterocycles. The van der Waals surface area contributed by atoms with Gasteiger partial charge in [0, 0.05) is 31.7 Å². The first kappa shape index (κ1) is 22.1. The minimum Gasteiger partial charge on any atom is -0.356 e. The molecule has 1 aliphatic heterocycles. The molecule has 176 valence electrons. The molecule has 0 amide bonds. The second-order valence-corrected chi connectivity index (χ2v) is 11.4. The maximum atomic E-state index is 13.1. The first-order valence-electron chi connectivity index (χ1n) is 11.2. The summed E-state index contributed by atoms with van der Waals surface area (Å²) in [5, 5.41) is -0.232. The molecule has 1 saturated heterocycles. The smallest absolute Gasteiger partial charge is 0.281 e. The van der Waals surface area contributed by atoms with E-state index in [1.54, 1.807) is 12.4 Å². The highest BCUT2D eigenvalue weighted by molar-refractivity contribution is 7.91. The number of aromatic nitrogens is 5. The van der Waals surface area contributed by atoms with Crippen LogP contribution >= 0.6 is 0 Å². The average molecular weight is 477 g/mol. The lowest BCUT2D eigenvalue weighted by atomic mass is 9.82. The largest absolute Gasteiger partial charge is 0.356 e. The van der Waals surface area contributed by atoms with Gasteiger partial charge in [0.2, 0.25) is 0 Å². The van der Waals surface area contributed by atoms with Crippen LogP contribution in [0.25, 0.3) is 17.2 Å². The maximum Gasteiger partial charge on any atom is 0.281 e. The molecule has 8 nitrogen and oxygen atoms in total. The summed E-state index contributed by atoms with van der Waals surface area (Å²) in [7, 11) is -3.01. The van der Waals surface area contributed by atoms with Gasteiger partial charge in [-0.3, -0.25) is 4.40 Å². The van der Waals surface area contributed by atoms with Gasteiger partial charge in [0.05, 0.1) is 17.6 Å². The van der Waals surface area contributed by atoms with Crippen molar-refractivity contribution in [3.63, 3.8) is 0 Å². The van der Waals surface area contributed by atoms with E-state index in [0.717, 1.165) is 44.6 Å². The van der Waals surface area contributed by atoms with Crippen molar-refractivity contribution in [1.29, 1.82) is 0 Å². The number of imidazole rings is 1. The number of piperidine rings is 1. The molecular formula is C22H26F2N6O2S. The summed E-state index contributed by atoms with van der Waals surface area (Å²) < 4.78 is 51.9. The Bertz CT molecular complexity index is 1260. The van der Waals surface area contributed by atoms with E-state index in [-0.39, 0.29) is 10.9 Å². The van der Waals surface area contributed by atoms with Gasteiger partial charge < -0.3 is 4.90 Å². The topological polar surface area (TPSA) is 93.4 Å². The van der Waals surface area contributed by atoms with E-state index in [1.807, 2.05) is 6.07 Å². The molecule has 33 heavy (non-hydrogen) atoms. The van der Waals surface area contributed by atoms with E-state index < -0.39 is 16.3 Å². The molecule has 0 radical (unpaired) electrons. The van der Waals surface area contributed by atoms with Crippen LogP contribution in [0, 0.1) is 11.8 Å². The Morgan fingerprint density at radius 2 is 1.82 bits per heavy atom. The number of nitrogens with zero attached hydrogens (tertiary/aromatic N) is 6. The number of rotatable bonds is 4. The second-order valence-electron chi connectivity index (χ2n) is 9.08. The van der Waals surface area contributed by atoms with Crippen LogP contribution in [-0.2, 0) is 9.84 Å². The van der Waals surface area contributed by atoms with Crippen molar-refractivity contribution in [3.8, 4) is 11.5 Å². The zero-order valence-corrected chi connectivity index (χ0v) is 19.1. The number of halogens is 2. The Labute approximate surface area is 191 Å². The van der Waals surface area contributed by atoms with Crippen molar-refractivity contribution < 1.29 is 17.2 Å². The lowest BCUT2D eigenvalue weighted by Crippen LogP contribution is -2.40. The molecule has 0 bridgehead atoms. The van der Waals surface area contributed by atoms with E-state index in [0.29, 0.717) is 35.4 Å². The van der Waals surface area contributed by atoms with Crippen molar-refractivity contribution in [2.45, 2.75) is 43.8 Å². The molecule has 11 heteroatoms. The third kappa shape index (κ3) is 4.42. The Morgan fingerprint density at radius 1 is 1.03 bits per heavy atom. The van der Waals surface area contributed by atoms with Crippen molar-refractivity contribution in [2.75, 3.05) is 24.2 Å². The normalized spacial score (nSPS) is 24.1. The third-order valence-corrected chi connectivity index (χ3v) is 8.73. The van der Waals surface area contributed by atoms with Crippen LogP contribution in [-0.4, -0.2) is 57.3 Å². The standard InChI is InChI=1S/C22H26F2N6O2S/c1-33(31,32)16-4-2-14-7-9-29(12-15(14)3-5-16)19-6-8-25-22(28-19)18-10-27-20-11-26-17(21(23)24)13-30(18)20/h6,8,10-11,13-16,21H,2-5,7,9,12H2,1H3. The van der Waals surface area contributed by atoms with Gasteiger partial charge in [-0.1, -0.05) is 0 Å². The summed E-state index contributed by atoms with van der Waals surface area (Å²) >= 11 is 0. The fraction of sp³-hybridized carbons (Fsp3) is 0.545. The average Bonchev–Trinajstić information content (AvgIpc) is 3.09. The molecule has 4 heterocycles. The van der Waals surface area contributed by atoms with Gasteiger partial charge in [-0.25, -0.2) is 37.1 Å². The number of fused-ring (bicyclic) bond motifs is 2. The summed E-state index contributed by atoms with van der Waals surface area (Å²) in [5.74, 6) is 2.15. The summed E-state index contributed by atoms with van der Waals surface area (Å²) in [5.41, 5.74) is 0.639. The highest BCUT2D eigenvalue weighted by atomic mass is 32.2. The zero-order chi connectivity index (χ0) is 23.2. The van der Waals surface area contributed by atoms with Crippen LogP contribution in [0.1, 0.15) is 44.2 Å². The van der Waals surface area contributed by atoms with Crippen molar-refractivity contribution in [3.05, 3.63) is 36.5 Å². The Balaban J connectivity index is 1.38. The highest BCUT2D eigenvalue weighted by Crippen LogP contribution is 2.38. The van der Waals surface area contributed by atoms with Crippen molar-refractivity contribution >= 4 is 21.3 Å². The van der Waals surface area contributed by atoms with Gasteiger partial charge in [0.25, 0.3) is 6.43 Å². The van der Waals surface area contributed by atoms with E-state index in [9.17, 15) is 17.2 Å². The predicted octanol–water partition coefficient (Wildman–Crippen LogP) is 3.55. The van der Waals surface area contributed by atoms with E-state index in [1.165, 1.54) is 23.1 Å². The number of hydrogen-bond acceptors (Lipinski definition) is 7. The summed E-state index contributed by atoms with van der Waals surface area (Å²) in [6, 6.07) is 1.86. The van der Waals surface area contributed by atoms with Gasteiger partial charge >= 0.3 is 0 Å². The number of hydrogen-bond donors (Lipinski definition) is 0. The van der Waals surface area contributed by atoms with Crippen molar-refractivity contribution in [2.24, 2.45) is 11.8 Å². The van der Waals surface area contributed by atoms with Crippen molar-refractivity contribution in [1.82, 2.24) is 24.3 Å². The Morgan fingerprint density at radius 3 is 2.58 bits per heavy atom. The molecule has 1 saturated carbocycles. The molecular weight excluding hydrogens is 450 g/mol. The lowest BCUT2D eigenvalue weighted by molar-refractivity contribution is 0.145. The molecule has 0 N–H and O–H groups in total. The van der Waals surface area contributed by atoms with Gasteiger partial charge in [-0.05, 0) is 50.0 Å². The van der Waals surface area contributed by atoms with Crippen LogP contribution in [0.3, 0.4) is 0 Å². The summed E-state index contributed by atoms with van der Waals surface area (Å²) in [6.45, 7) is 1.66. The first-order valence-corrected chi connectivity index (χ1v) is 13.1. The molecule has 2 fully saturated rings. The molecule has 3 aromatic rings. The fourth-order valence-corrected chi connectivity index (χ4v) is 6.33. The molecule has 3 atom stereocenters. The maximum absolute atomic E-state index is 13.1. The monoisotopic (exact) mass is 476 g/mol. The van der Waals surface area contributed by atoms with Gasteiger partial charge in [0.15, 0.2) is 11.5 Å². The highest BCUT2D eigenvalue weighted by Gasteiger charge is 2.35. The number of anilines is 1. The van der Waals surface area contributed by atoms with E-state index in [4.69, 9.17) is 4.98 Å². The molecule has 2 aliphatic rings. The quantitative estimate of drug-likeness (QED) is 0.568. The van der Waals surface area contributed by atoms with Crippen LogP contribution in [0.2, 0.25) is 0 Å². The minimum atomic E-state index is -3.01. The fourth-order valence-electron chi connectivity index (χ4n) is 5.20. The van der Waals surface area contributed by atoms with Crippen LogP contribution in [0.4, 0.5) is 14.6 Å². The molecule has 0 spiro atoms. The minimum absolute atomic E-state index is 0.232. The third-order valence-electron chi connectivity index (χ3n) is 7.05. The van der Waals surface area contributed by atoms with Crippen LogP contribution in [0.15, 0.2) is 30.9 Å². The van der Waals surface area contributed by atoms with Crippen LogP contribution < -0.4 is 4.90 Å².